The molecule has 18 heavy (non-hydrogen) atoms. The van der Waals surface area contributed by atoms with Crippen LogP contribution in [0.5, 0.6) is 0 Å². The predicted octanol–water partition coefficient (Wildman–Crippen LogP) is -0.329. The standard InChI is InChI=1S/C12H21N3O3/c1-11(2,12(3,4)13)10(18)14-7-5-6-8(16)15-9(7)17/h7H,5-6,13H2,1-4H3,(H,14,18)(H,15,16,17). The normalized spacial score (nSPS) is 21.5. The van der Waals surface area contributed by atoms with Gasteiger partial charge < -0.3 is 11.1 Å². The second-order valence-corrected chi connectivity index (χ2v) is 5.82. The lowest BCUT2D eigenvalue weighted by molar-refractivity contribution is -0.140. The fourth-order valence-corrected chi connectivity index (χ4v) is 1.46. The summed E-state index contributed by atoms with van der Waals surface area (Å²) in [6, 6.07) is -0.656. The molecule has 0 aromatic rings. The van der Waals surface area contributed by atoms with Crippen molar-refractivity contribution in [1.82, 2.24) is 10.6 Å². The second kappa shape index (κ2) is 4.68. The number of nitrogens with one attached hydrogen (secondary N) is 2. The molecule has 1 aliphatic heterocycles. The van der Waals surface area contributed by atoms with Crippen LogP contribution in [0, 0.1) is 5.41 Å². The Hall–Kier alpha value is -1.43. The third kappa shape index (κ3) is 2.87. The Kier molecular flexibility index (Phi) is 3.81. The van der Waals surface area contributed by atoms with Crippen molar-refractivity contribution in [2.24, 2.45) is 11.1 Å². The largest absolute Gasteiger partial charge is 0.344 e. The molecule has 0 aromatic carbocycles. The van der Waals surface area contributed by atoms with Gasteiger partial charge in [0.1, 0.15) is 6.04 Å². The zero-order valence-electron chi connectivity index (χ0n) is 11.3. The van der Waals surface area contributed by atoms with Crippen LogP contribution in [-0.4, -0.2) is 29.3 Å². The quantitative estimate of drug-likeness (QED) is 0.601. The Morgan fingerprint density at radius 3 is 2.33 bits per heavy atom. The van der Waals surface area contributed by atoms with E-state index in [1.807, 2.05) is 0 Å². The number of carbonyl (C=O) groups excluding carboxylic acids is 3. The lowest BCUT2D eigenvalue weighted by Crippen LogP contribution is -2.60. The molecule has 0 aromatic heterocycles. The maximum atomic E-state index is 12.2. The fraction of sp³-hybridized carbons (Fsp3) is 0.750. The van der Waals surface area contributed by atoms with Gasteiger partial charge in [-0.25, -0.2) is 0 Å². The van der Waals surface area contributed by atoms with E-state index >= 15 is 0 Å². The van der Waals surface area contributed by atoms with Crippen molar-refractivity contribution in [1.29, 1.82) is 0 Å². The predicted molar refractivity (Wildman–Crippen MR) is 66.4 cm³/mol. The SMILES string of the molecule is CC(C)(N)C(C)(C)C(=O)NC1CCC(=O)NC1=O. The van der Waals surface area contributed by atoms with Gasteiger partial charge in [-0.1, -0.05) is 0 Å². The first-order chi connectivity index (χ1) is 8.05. The monoisotopic (exact) mass is 255 g/mol. The van der Waals surface area contributed by atoms with Crippen molar-refractivity contribution < 1.29 is 14.4 Å². The van der Waals surface area contributed by atoms with Crippen molar-refractivity contribution >= 4 is 17.7 Å². The van der Waals surface area contributed by atoms with Crippen LogP contribution in [0.2, 0.25) is 0 Å². The topological polar surface area (TPSA) is 101 Å². The fourth-order valence-electron chi connectivity index (χ4n) is 1.46. The molecule has 1 aliphatic rings. The number of rotatable bonds is 3. The maximum Gasteiger partial charge on any atom is 0.249 e. The summed E-state index contributed by atoms with van der Waals surface area (Å²) in [4.78, 5) is 34.7. The van der Waals surface area contributed by atoms with Gasteiger partial charge in [0.05, 0.1) is 5.41 Å². The number of carbonyl (C=O) groups is 3. The van der Waals surface area contributed by atoms with Crippen LogP contribution in [0.1, 0.15) is 40.5 Å². The van der Waals surface area contributed by atoms with Gasteiger partial charge in [0, 0.05) is 12.0 Å². The minimum Gasteiger partial charge on any atom is -0.344 e. The third-order valence-electron chi connectivity index (χ3n) is 3.72. The molecule has 6 nitrogen and oxygen atoms in total. The summed E-state index contributed by atoms with van der Waals surface area (Å²) in [6.07, 6.45) is 0.570. The molecular weight excluding hydrogens is 234 g/mol. The maximum absolute atomic E-state index is 12.2. The Morgan fingerprint density at radius 2 is 1.89 bits per heavy atom. The van der Waals surface area contributed by atoms with Crippen molar-refractivity contribution in [3.8, 4) is 0 Å². The average molecular weight is 255 g/mol. The lowest BCUT2D eigenvalue weighted by Gasteiger charge is -2.38. The van der Waals surface area contributed by atoms with Crippen LogP contribution in [0.3, 0.4) is 0 Å². The molecule has 1 rings (SSSR count). The zero-order chi connectivity index (χ0) is 14.1. The minimum absolute atomic E-state index is 0.239. The molecule has 1 unspecified atom stereocenters. The van der Waals surface area contributed by atoms with Gasteiger partial charge in [-0.05, 0) is 34.1 Å². The van der Waals surface area contributed by atoms with E-state index in [4.69, 9.17) is 5.73 Å². The smallest absolute Gasteiger partial charge is 0.249 e. The molecule has 0 spiro atoms. The first-order valence-electron chi connectivity index (χ1n) is 5.99. The summed E-state index contributed by atoms with van der Waals surface area (Å²) in [5.41, 5.74) is 4.44. The Labute approximate surface area is 107 Å². The highest BCUT2D eigenvalue weighted by atomic mass is 16.2. The third-order valence-corrected chi connectivity index (χ3v) is 3.72. The van der Waals surface area contributed by atoms with Crippen LogP contribution in [-0.2, 0) is 14.4 Å². The van der Waals surface area contributed by atoms with E-state index in [1.54, 1.807) is 27.7 Å². The number of hydrogen-bond acceptors (Lipinski definition) is 4. The molecule has 3 amide bonds. The van der Waals surface area contributed by atoms with E-state index in [-0.39, 0.29) is 18.2 Å². The molecule has 0 aliphatic carbocycles. The van der Waals surface area contributed by atoms with E-state index in [2.05, 4.69) is 10.6 Å². The van der Waals surface area contributed by atoms with Crippen LogP contribution in [0.15, 0.2) is 0 Å². The van der Waals surface area contributed by atoms with Crippen molar-refractivity contribution in [2.75, 3.05) is 0 Å². The molecule has 0 saturated carbocycles. The van der Waals surface area contributed by atoms with E-state index in [1.165, 1.54) is 0 Å². The summed E-state index contributed by atoms with van der Waals surface area (Å²) in [7, 11) is 0. The average Bonchev–Trinajstić information content (AvgIpc) is 2.20. The first-order valence-corrected chi connectivity index (χ1v) is 5.99. The van der Waals surface area contributed by atoms with Crippen LogP contribution >= 0.6 is 0 Å². The van der Waals surface area contributed by atoms with Crippen molar-refractivity contribution in [2.45, 2.75) is 52.1 Å². The highest BCUT2D eigenvalue weighted by Crippen LogP contribution is 2.28. The number of hydrogen-bond donors (Lipinski definition) is 3. The van der Waals surface area contributed by atoms with Crippen LogP contribution in [0.25, 0.3) is 0 Å². The van der Waals surface area contributed by atoms with Gasteiger partial charge >= 0.3 is 0 Å². The highest BCUT2D eigenvalue weighted by Gasteiger charge is 2.42. The van der Waals surface area contributed by atoms with E-state index < -0.39 is 22.9 Å². The molecule has 1 saturated heterocycles. The first kappa shape index (κ1) is 14.6. The van der Waals surface area contributed by atoms with Crippen LogP contribution < -0.4 is 16.4 Å². The number of nitrogens with two attached hydrogens (primary N) is 1. The van der Waals surface area contributed by atoms with Crippen molar-refractivity contribution in [3.63, 3.8) is 0 Å². The molecule has 0 bridgehead atoms. The van der Waals surface area contributed by atoms with Crippen molar-refractivity contribution in [3.05, 3.63) is 0 Å². The van der Waals surface area contributed by atoms with Crippen LogP contribution in [0.4, 0.5) is 0 Å². The molecule has 6 heteroatoms. The Bertz CT molecular complexity index is 383. The van der Waals surface area contributed by atoms with Gasteiger partial charge in [0.2, 0.25) is 17.7 Å². The van der Waals surface area contributed by atoms with E-state index in [0.717, 1.165) is 0 Å². The summed E-state index contributed by atoms with van der Waals surface area (Å²) in [5, 5.41) is 4.85. The second-order valence-electron chi connectivity index (χ2n) is 5.82. The molecule has 4 N–H and O–H groups in total. The molecule has 1 atom stereocenters. The van der Waals surface area contributed by atoms with Gasteiger partial charge in [0.15, 0.2) is 0 Å². The molecule has 1 heterocycles. The van der Waals surface area contributed by atoms with Gasteiger partial charge in [-0.15, -0.1) is 0 Å². The lowest BCUT2D eigenvalue weighted by atomic mass is 9.74. The molecule has 102 valence electrons. The summed E-state index contributed by atoms with van der Waals surface area (Å²) < 4.78 is 0. The van der Waals surface area contributed by atoms with Gasteiger partial charge in [0.25, 0.3) is 0 Å². The molecular formula is C12H21N3O3. The zero-order valence-corrected chi connectivity index (χ0v) is 11.3. The number of imide groups is 1. The summed E-state index contributed by atoms with van der Waals surface area (Å²) in [6.45, 7) is 6.98. The van der Waals surface area contributed by atoms with E-state index in [0.29, 0.717) is 6.42 Å². The van der Waals surface area contributed by atoms with Gasteiger partial charge in [-0.3, -0.25) is 19.7 Å². The minimum atomic E-state index is -0.811. The number of amides is 3. The molecule has 1 fully saturated rings. The Morgan fingerprint density at radius 1 is 1.33 bits per heavy atom. The van der Waals surface area contributed by atoms with E-state index in [9.17, 15) is 14.4 Å². The summed E-state index contributed by atoms with van der Waals surface area (Å²) in [5.74, 6) is -1.04. The molecule has 0 radical (unpaired) electrons. The Balaban J connectivity index is 2.71. The number of piperidine rings is 1. The summed E-state index contributed by atoms with van der Waals surface area (Å²) >= 11 is 0. The highest BCUT2D eigenvalue weighted by molar-refractivity contribution is 6.02. The van der Waals surface area contributed by atoms with Gasteiger partial charge in [-0.2, -0.15) is 0 Å².